The molecule has 0 spiro atoms. The molecular weight excluding hydrogens is 409 g/mol. The molecule has 31 heavy (non-hydrogen) atoms. The number of aryl methyl sites for hydroxylation is 1. The molecule has 0 aliphatic carbocycles. The highest BCUT2D eigenvalue weighted by atomic mass is 19.1. The number of hydrogen-bond acceptors (Lipinski definition) is 5. The van der Waals surface area contributed by atoms with Gasteiger partial charge in [0.2, 0.25) is 0 Å². The van der Waals surface area contributed by atoms with E-state index in [9.17, 15) is 19.1 Å². The largest absolute Gasteiger partial charge is 0.465 e. The van der Waals surface area contributed by atoms with Crippen LogP contribution in [0.3, 0.4) is 0 Å². The normalized spacial score (nSPS) is 15.7. The number of carbonyl (C=O) groups excluding carboxylic acids is 1. The number of fused-ring (bicyclic) bond motifs is 1. The Balaban J connectivity index is 2.00. The van der Waals surface area contributed by atoms with Crippen molar-refractivity contribution in [1.82, 2.24) is 20.0 Å². The Labute approximate surface area is 178 Å². The SMILES string of the molecule is COC(CNC(=O)Nc1c2c(nn1-c1ccc(F)c(C)c1)CCN(C(=O)O)[C@H]2C)OC. The van der Waals surface area contributed by atoms with Gasteiger partial charge in [-0.15, -0.1) is 0 Å². The molecule has 1 aliphatic heterocycles. The molecule has 2 heterocycles. The standard InChI is InChI=1S/C20H26FN5O5/c1-11-9-13(5-6-14(11)21)26-18(23-19(27)22-10-16(30-3)31-4)17-12(2)25(20(28)29)8-7-15(17)24-26/h5-6,9,12,16H,7-8,10H2,1-4H3,(H,28,29)(H2,22,23,27)/t12-/m0/s1. The fourth-order valence-corrected chi connectivity index (χ4v) is 3.59. The summed E-state index contributed by atoms with van der Waals surface area (Å²) in [5, 5.41) is 19.5. The smallest absolute Gasteiger partial charge is 0.407 e. The van der Waals surface area contributed by atoms with Crippen LogP contribution in [0.25, 0.3) is 5.69 Å². The summed E-state index contributed by atoms with van der Waals surface area (Å²) in [5.41, 5.74) is 2.24. The van der Waals surface area contributed by atoms with E-state index in [-0.39, 0.29) is 18.9 Å². The Hall–Kier alpha value is -3.18. The van der Waals surface area contributed by atoms with Gasteiger partial charge in [-0.1, -0.05) is 0 Å². The number of rotatable bonds is 6. The zero-order valence-corrected chi connectivity index (χ0v) is 17.8. The predicted octanol–water partition coefficient (Wildman–Crippen LogP) is 2.66. The maximum Gasteiger partial charge on any atom is 0.407 e. The van der Waals surface area contributed by atoms with Crippen molar-refractivity contribution in [2.75, 3.05) is 32.6 Å². The number of carbonyl (C=O) groups is 2. The van der Waals surface area contributed by atoms with E-state index in [0.717, 1.165) is 0 Å². The molecule has 1 aromatic carbocycles. The summed E-state index contributed by atoms with van der Waals surface area (Å²) in [6.07, 6.45) is -1.28. The van der Waals surface area contributed by atoms with Crippen LogP contribution in [0, 0.1) is 12.7 Å². The van der Waals surface area contributed by atoms with Crippen molar-refractivity contribution in [3.05, 3.63) is 40.8 Å². The third-order valence-electron chi connectivity index (χ3n) is 5.29. The maximum atomic E-state index is 13.8. The van der Waals surface area contributed by atoms with Crippen LogP contribution in [-0.4, -0.2) is 65.5 Å². The molecule has 0 bridgehead atoms. The van der Waals surface area contributed by atoms with Gasteiger partial charge in [0, 0.05) is 32.7 Å². The van der Waals surface area contributed by atoms with Crippen molar-refractivity contribution in [3.8, 4) is 5.69 Å². The van der Waals surface area contributed by atoms with Crippen LogP contribution in [0.2, 0.25) is 0 Å². The van der Waals surface area contributed by atoms with Crippen LogP contribution in [0.15, 0.2) is 18.2 Å². The van der Waals surface area contributed by atoms with E-state index in [4.69, 9.17) is 9.47 Å². The molecule has 0 radical (unpaired) electrons. The van der Waals surface area contributed by atoms with Crippen LogP contribution in [0.4, 0.5) is 19.8 Å². The van der Waals surface area contributed by atoms with E-state index in [1.807, 2.05) is 0 Å². The number of amides is 3. The number of nitrogens with zero attached hydrogens (tertiary/aromatic N) is 3. The Bertz CT molecular complexity index is 975. The van der Waals surface area contributed by atoms with Gasteiger partial charge in [0.1, 0.15) is 11.6 Å². The molecule has 10 nitrogen and oxygen atoms in total. The number of methoxy groups -OCH3 is 2. The highest BCUT2D eigenvalue weighted by molar-refractivity contribution is 5.90. The summed E-state index contributed by atoms with van der Waals surface area (Å²) in [5.74, 6) is -0.0353. The lowest BCUT2D eigenvalue weighted by atomic mass is 10.00. The average molecular weight is 435 g/mol. The first-order valence-electron chi connectivity index (χ1n) is 9.75. The topological polar surface area (TPSA) is 118 Å². The molecule has 3 amide bonds. The van der Waals surface area contributed by atoms with Crippen molar-refractivity contribution in [3.63, 3.8) is 0 Å². The number of aromatic nitrogens is 2. The van der Waals surface area contributed by atoms with E-state index in [0.29, 0.717) is 34.7 Å². The third kappa shape index (κ3) is 4.62. The zero-order valence-electron chi connectivity index (χ0n) is 17.8. The second kappa shape index (κ2) is 9.31. The van der Waals surface area contributed by atoms with Gasteiger partial charge in [0.25, 0.3) is 0 Å². The van der Waals surface area contributed by atoms with Crippen LogP contribution in [-0.2, 0) is 15.9 Å². The number of benzene rings is 1. The van der Waals surface area contributed by atoms with Crippen molar-refractivity contribution in [2.24, 2.45) is 0 Å². The maximum absolute atomic E-state index is 13.8. The van der Waals surface area contributed by atoms with Crippen molar-refractivity contribution < 1.29 is 28.6 Å². The fourth-order valence-electron chi connectivity index (χ4n) is 3.59. The molecule has 0 saturated heterocycles. The summed E-state index contributed by atoms with van der Waals surface area (Å²) in [4.78, 5) is 25.5. The lowest BCUT2D eigenvalue weighted by molar-refractivity contribution is -0.0970. The molecule has 1 aliphatic rings. The van der Waals surface area contributed by atoms with Gasteiger partial charge in [-0.05, 0) is 37.6 Å². The monoisotopic (exact) mass is 435 g/mol. The molecule has 1 atom stereocenters. The van der Waals surface area contributed by atoms with E-state index >= 15 is 0 Å². The van der Waals surface area contributed by atoms with Crippen LogP contribution < -0.4 is 10.6 Å². The summed E-state index contributed by atoms with van der Waals surface area (Å²) < 4.78 is 25.4. The summed E-state index contributed by atoms with van der Waals surface area (Å²) in [6.45, 7) is 3.76. The predicted molar refractivity (Wildman–Crippen MR) is 110 cm³/mol. The highest BCUT2D eigenvalue weighted by Gasteiger charge is 2.34. The minimum Gasteiger partial charge on any atom is -0.465 e. The highest BCUT2D eigenvalue weighted by Crippen LogP contribution is 2.36. The van der Waals surface area contributed by atoms with Crippen LogP contribution in [0.1, 0.15) is 29.8 Å². The molecule has 3 rings (SSSR count). The minimum absolute atomic E-state index is 0.0988. The number of halogens is 1. The summed E-state index contributed by atoms with van der Waals surface area (Å²) >= 11 is 0. The third-order valence-corrected chi connectivity index (χ3v) is 5.29. The summed E-state index contributed by atoms with van der Waals surface area (Å²) in [6, 6.07) is 3.42. The number of hydrogen-bond donors (Lipinski definition) is 3. The number of ether oxygens (including phenoxy) is 2. The number of carboxylic acid groups (broad SMARTS) is 1. The first kappa shape index (κ1) is 22.5. The van der Waals surface area contributed by atoms with Crippen LogP contribution >= 0.6 is 0 Å². The molecule has 0 unspecified atom stereocenters. The Morgan fingerprint density at radius 2 is 2.06 bits per heavy atom. The van der Waals surface area contributed by atoms with Gasteiger partial charge in [-0.3, -0.25) is 5.32 Å². The molecule has 1 aromatic heterocycles. The van der Waals surface area contributed by atoms with Gasteiger partial charge < -0.3 is 24.8 Å². The van der Waals surface area contributed by atoms with E-state index in [1.165, 1.54) is 29.9 Å². The van der Waals surface area contributed by atoms with E-state index in [1.54, 1.807) is 26.0 Å². The summed E-state index contributed by atoms with van der Waals surface area (Å²) in [7, 11) is 2.91. The lowest BCUT2D eigenvalue weighted by Crippen LogP contribution is -2.39. The number of urea groups is 1. The van der Waals surface area contributed by atoms with Gasteiger partial charge >= 0.3 is 12.1 Å². The Morgan fingerprint density at radius 1 is 1.35 bits per heavy atom. The zero-order chi connectivity index (χ0) is 22.7. The molecule has 0 saturated carbocycles. The molecule has 11 heteroatoms. The fraction of sp³-hybridized carbons (Fsp3) is 0.450. The molecular formula is C20H26FN5O5. The molecule has 2 aromatic rings. The van der Waals surface area contributed by atoms with E-state index in [2.05, 4.69) is 15.7 Å². The minimum atomic E-state index is -1.05. The van der Waals surface area contributed by atoms with Gasteiger partial charge in [0.15, 0.2) is 6.29 Å². The second-order valence-electron chi connectivity index (χ2n) is 7.19. The Kier molecular flexibility index (Phi) is 6.76. The van der Waals surface area contributed by atoms with Crippen molar-refractivity contribution in [2.45, 2.75) is 32.6 Å². The van der Waals surface area contributed by atoms with E-state index < -0.39 is 24.5 Å². The molecule has 3 N–H and O–H groups in total. The van der Waals surface area contributed by atoms with Gasteiger partial charge in [-0.2, -0.15) is 5.10 Å². The second-order valence-corrected chi connectivity index (χ2v) is 7.19. The first-order valence-corrected chi connectivity index (χ1v) is 9.75. The van der Waals surface area contributed by atoms with Crippen molar-refractivity contribution in [1.29, 1.82) is 0 Å². The Morgan fingerprint density at radius 3 is 2.68 bits per heavy atom. The number of nitrogens with one attached hydrogen (secondary N) is 2. The lowest BCUT2D eigenvalue weighted by Gasteiger charge is -2.31. The number of anilines is 1. The average Bonchev–Trinajstić information content (AvgIpc) is 3.10. The van der Waals surface area contributed by atoms with Crippen molar-refractivity contribution >= 4 is 17.9 Å². The molecule has 168 valence electrons. The quantitative estimate of drug-likeness (QED) is 0.601. The first-order chi connectivity index (χ1) is 14.8. The molecule has 0 fully saturated rings. The van der Waals surface area contributed by atoms with Gasteiger partial charge in [-0.25, -0.2) is 18.7 Å². The van der Waals surface area contributed by atoms with Gasteiger partial charge in [0.05, 0.1) is 24.0 Å². The van der Waals surface area contributed by atoms with Crippen LogP contribution in [0.5, 0.6) is 0 Å².